The number of aliphatic hydroxyl groups is 1. The number of nitrogens with one attached hydrogen (secondary N) is 2. The lowest BCUT2D eigenvalue weighted by Crippen LogP contribution is -2.31. The molecule has 4 aromatic rings. The lowest BCUT2D eigenvalue weighted by Gasteiger charge is -2.36. The van der Waals surface area contributed by atoms with Crippen LogP contribution in [0.25, 0.3) is 11.1 Å². The van der Waals surface area contributed by atoms with E-state index in [2.05, 4.69) is 45.1 Å². The molecule has 2 amide bonds. The second-order valence-electron chi connectivity index (χ2n) is 11.8. The van der Waals surface area contributed by atoms with E-state index in [1.165, 1.54) is 6.92 Å². The van der Waals surface area contributed by atoms with Crippen molar-refractivity contribution in [2.24, 2.45) is 7.05 Å². The molecule has 3 aromatic carbocycles. The molecule has 0 bridgehead atoms. The Kier molecular flexibility index (Phi) is 12.6. The van der Waals surface area contributed by atoms with Gasteiger partial charge in [0.15, 0.2) is 11.4 Å². The summed E-state index contributed by atoms with van der Waals surface area (Å²) in [5.74, 6) is 0.711. The molecule has 1 aliphatic rings. The zero-order chi connectivity index (χ0) is 33.0. The first kappa shape index (κ1) is 34.3. The molecule has 1 saturated heterocycles. The molecule has 0 unspecified atom stereocenters. The zero-order valence-electron chi connectivity index (χ0n) is 26.9. The highest BCUT2D eigenvalue weighted by molar-refractivity contribution is 7.99. The average Bonchev–Trinajstić information content (AvgIpc) is 3.52. The summed E-state index contributed by atoms with van der Waals surface area (Å²) in [6, 6.07) is 24.3. The normalized spacial score (nSPS) is 17.7. The smallest absolute Gasteiger partial charge is 0.220 e. The van der Waals surface area contributed by atoms with Crippen LogP contribution in [0.15, 0.2) is 84.3 Å². The number of thioether (sulfide) groups is 1. The molecule has 11 heteroatoms. The molecule has 10 nitrogen and oxygen atoms in total. The molecule has 1 aliphatic heterocycles. The number of ether oxygens (including phenoxy) is 2. The fourth-order valence-electron chi connectivity index (χ4n) is 5.43. The summed E-state index contributed by atoms with van der Waals surface area (Å²) in [6.07, 6.45) is 4.64. The van der Waals surface area contributed by atoms with Crippen LogP contribution in [-0.2, 0) is 39.3 Å². The lowest BCUT2D eigenvalue weighted by atomic mass is 9.99. The number of aliphatic hydroxyl groups excluding tert-OH is 1. The molecule has 3 N–H and O–H groups in total. The monoisotopic (exact) mass is 657 g/mol. The van der Waals surface area contributed by atoms with Crippen LogP contribution < -0.4 is 10.6 Å². The topological polar surface area (TPSA) is 128 Å². The number of hydrogen-bond acceptors (Lipinski definition) is 8. The van der Waals surface area contributed by atoms with Crippen LogP contribution in [0.4, 0.5) is 0 Å². The summed E-state index contributed by atoms with van der Waals surface area (Å²) in [7, 11) is 1.93. The van der Waals surface area contributed by atoms with Gasteiger partial charge < -0.3 is 29.8 Å². The van der Waals surface area contributed by atoms with Crippen LogP contribution in [0.1, 0.15) is 73.7 Å². The van der Waals surface area contributed by atoms with E-state index in [9.17, 15) is 14.7 Å². The summed E-state index contributed by atoms with van der Waals surface area (Å²) < 4.78 is 14.9. The maximum atomic E-state index is 12.4. The van der Waals surface area contributed by atoms with Gasteiger partial charge in [0, 0.05) is 51.2 Å². The zero-order valence-corrected chi connectivity index (χ0v) is 27.7. The molecule has 1 aromatic heterocycles. The Hall–Kier alpha value is -4.03. The van der Waals surface area contributed by atoms with Crippen molar-refractivity contribution in [3.8, 4) is 11.1 Å². The van der Waals surface area contributed by atoms with Crippen molar-refractivity contribution in [2.75, 3.05) is 12.3 Å². The number of aromatic nitrogens is 3. The lowest BCUT2D eigenvalue weighted by molar-refractivity contribution is -0.245. The van der Waals surface area contributed by atoms with Gasteiger partial charge in [-0.1, -0.05) is 84.9 Å². The van der Waals surface area contributed by atoms with Crippen molar-refractivity contribution in [1.29, 1.82) is 0 Å². The highest BCUT2D eigenvalue weighted by Crippen LogP contribution is 2.39. The number of carbonyl (C=O) groups excluding carboxylic acids is 2. The first-order valence-corrected chi connectivity index (χ1v) is 17.0. The minimum atomic E-state index is -0.544. The number of hydrogen-bond donors (Lipinski definition) is 3. The maximum Gasteiger partial charge on any atom is 0.220 e. The molecule has 0 aliphatic carbocycles. The van der Waals surface area contributed by atoms with Crippen molar-refractivity contribution in [2.45, 2.75) is 75.8 Å². The van der Waals surface area contributed by atoms with Crippen molar-refractivity contribution in [3.63, 3.8) is 0 Å². The SMILES string of the molecule is CC(=O)NCCCCCC(=O)NCc1cccc(-c2ccc([C@@H]3O[C@H](CSc4nncn4C)C[C@H](c4ccc(CO)cc4)O3)cc2)c1. The number of aryl methyl sites for hydroxylation is 1. The number of amides is 2. The second-order valence-corrected chi connectivity index (χ2v) is 12.8. The Morgan fingerprint density at radius 1 is 0.936 bits per heavy atom. The fourth-order valence-corrected chi connectivity index (χ4v) is 6.33. The fraction of sp³-hybridized carbons (Fsp3) is 0.389. The molecule has 5 rings (SSSR count). The number of nitrogens with zero attached hydrogens (tertiary/aromatic N) is 3. The Labute approximate surface area is 280 Å². The summed E-state index contributed by atoms with van der Waals surface area (Å²) in [5, 5.41) is 24.3. The summed E-state index contributed by atoms with van der Waals surface area (Å²) in [4.78, 5) is 23.3. The van der Waals surface area contributed by atoms with E-state index in [0.717, 1.165) is 57.8 Å². The third-order valence-corrected chi connectivity index (χ3v) is 9.24. The van der Waals surface area contributed by atoms with Gasteiger partial charge in [-0.15, -0.1) is 10.2 Å². The van der Waals surface area contributed by atoms with E-state index in [4.69, 9.17) is 9.47 Å². The largest absolute Gasteiger partial charge is 0.392 e. The van der Waals surface area contributed by atoms with Crippen LogP contribution in [0, 0.1) is 0 Å². The van der Waals surface area contributed by atoms with Gasteiger partial charge in [-0.05, 0) is 46.7 Å². The van der Waals surface area contributed by atoms with Crippen LogP contribution in [0.2, 0.25) is 0 Å². The third-order valence-electron chi connectivity index (χ3n) is 8.07. The van der Waals surface area contributed by atoms with Gasteiger partial charge in [-0.2, -0.15) is 0 Å². The summed E-state index contributed by atoms with van der Waals surface area (Å²) in [6.45, 7) is 2.63. The second kappa shape index (κ2) is 17.2. The van der Waals surface area contributed by atoms with Crippen LogP contribution in [-0.4, -0.2) is 50.1 Å². The van der Waals surface area contributed by atoms with E-state index in [1.807, 2.05) is 60.1 Å². The number of benzene rings is 3. The predicted octanol–water partition coefficient (Wildman–Crippen LogP) is 5.62. The molecule has 0 saturated carbocycles. The Morgan fingerprint density at radius 2 is 1.72 bits per heavy atom. The van der Waals surface area contributed by atoms with Crippen LogP contribution in [0.5, 0.6) is 0 Å². The van der Waals surface area contributed by atoms with Crippen LogP contribution in [0.3, 0.4) is 0 Å². The van der Waals surface area contributed by atoms with E-state index in [1.54, 1.807) is 18.1 Å². The van der Waals surface area contributed by atoms with E-state index in [-0.39, 0.29) is 30.6 Å². The summed E-state index contributed by atoms with van der Waals surface area (Å²) >= 11 is 1.61. The minimum absolute atomic E-state index is 0.00142. The van der Waals surface area contributed by atoms with Crippen molar-refractivity contribution in [3.05, 3.63) is 101 Å². The van der Waals surface area contributed by atoms with E-state index in [0.29, 0.717) is 31.7 Å². The van der Waals surface area contributed by atoms with Gasteiger partial charge in [0.2, 0.25) is 11.8 Å². The first-order valence-electron chi connectivity index (χ1n) is 16.1. The van der Waals surface area contributed by atoms with Gasteiger partial charge in [0.05, 0.1) is 18.8 Å². The van der Waals surface area contributed by atoms with Gasteiger partial charge in [-0.3, -0.25) is 9.59 Å². The van der Waals surface area contributed by atoms with Gasteiger partial charge in [0.25, 0.3) is 0 Å². The Balaban J connectivity index is 1.20. The highest BCUT2D eigenvalue weighted by Gasteiger charge is 2.32. The van der Waals surface area contributed by atoms with Gasteiger partial charge in [0.1, 0.15) is 6.33 Å². The molecular formula is C36H43N5O5S. The molecule has 2 heterocycles. The molecule has 0 spiro atoms. The molecule has 0 radical (unpaired) electrons. The molecule has 3 atom stereocenters. The number of carbonyl (C=O) groups is 2. The Bertz CT molecular complexity index is 1590. The third kappa shape index (κ3) is 10.2. The standard InChI is InChI=1S/C36H43N5O5S/c1-25(43)37-18-5-3-4-9-34(44)38-21-27-7-6-8-31(19-27)28-14-16-30(17-15-28)35-45-32(23-47-36-40-39-24-41(36)2)20-33(46-35)29-12-10-26(22-42)11-13-29/h6-8,10-17,19,24,32-33,35,42H,3-5,9,18,20-23H2,1-2H3,(H,37,43)(H,38,44)/t32-,33+,35+/m0/s1. The van der Waals surface area contributed by atoms with E-state index >= 15 is 0 Å². The van der Waals surface area contributed by atoms with E-state index < -0.39 is 6.29 Å². The molecule has 248 valence electrons. The van der Waals surface area contributed by atoms with Gasteiger partial charge in [-0.25, -0.2) is 0 Å². The minimum Gasteiger partial charge on any atom is -0.392 e. The molecular weight excluding hydrogens is 614 g/mol. The summed E-state index contributed by atoms with van der Waals surface area (Å²) in [5.41, 5.74) is 5.99. The number of rotatable bonds is 15. The quantitative estimate of drug-likeness (QED) is 0.111. The van der Waals surface area contributed by atoms with Crippen LogP contribution >= 0.6 is 11.8 Å². The van der Waals surface area contributed by atoms with Crippen molar-refractivity contribution < 1.29 is 24.2 Å². The molecule has 47 heavy (non-hydrogen) atoms. The van der Waals surface area contributed by atoms with Gasteiger partial charge >= 0.3 is 0 Å². The first-order chi connectivity index (χ1) is 22.9. The maximum absolute atomic E-state index is 12.4. The molecule has 1 fully saturated rings. The average molecular weight is 658 g/mol. The number of unbranched alkanes of at least 4 members (excludes halogenated alkanes) is 2. The van der Waals surface area contributed by atoms with Crippen molar-refractivity contribution >= 4 is 23.6 Å². The Morgan fingerprint density at radius 3 is 2.45 bits per heavy atom. The predicted molar refractivity (Wildman–Crippen MR) is 181 cm³/mol. The highest BCUT2D eigenvalue weighted by atomic mass is 32.2. The van der Waals surface area contributed by atoms with Crippen molar-refractivity contribution in [1.82, 2.24) is 25.4 Å².